The second kappa shape index (κ2) is 5.15. The molecule has 0 aliphatic rings. The van der Waals surface area contributed by atoms with Crippen LogP contribution in [0.15, 0.2) is 29.1 Å². The van der Waals surface area contributed by atoms with Crippen molar-refractivity contribution in [2.75, 3.05) is 6.54 Å². The molecule has 0 atom stereocenters. The Balaban J connectivity index is 2.44. The molecule has 1 amide bonds. The SMILES string of the molecule is CC#CCNC(=O)c1n[nH]c(=O)c2ccccc12. The third kappa shape index (κ3) is 2.23. The third-order valence-corrected chi connectivity index (χ3v) is 2.43. The van der Waals surface area contributed by atoms with Gasteiger partial charge in [0.05, 0.1) is 11.9 Å². The fraction of sp³-hybridized carbons (Fsp3) is 0.154. The zero-order valence-electron chi connectivity index (χ0n) is 9.78. The van der Waals surface area contributed by atoms with Crippen molar-refractivity contribution in [1.29, 1.82) is 0 Å². The van der Waals surface area contributed by atoms with Crippen molar-refractivity contribution in [2.45, 2.75) is 6.92 Å². The summed E-state index contributed by atoms with van der Waals surface area (Å²) in [5.74, 6) is 5.05. The molecule has 0 saturated heterocycles. The summed E-state index contributed by atoms with van der Waals surface area (Å²) in [6.45, 7) is 1.95. The van der Waals surface area contributed by atoms with Gasteiger partial charge in [-0.05, 0) is 13.0 Å². The van der Waals surface area contributed by atoms with E-state index in [4.69, 9.17) is 0 Å². The van der Waals surface area contributed by atoms with E-state index in [1.807, 2.05) is 0 Å². The van der Waals surface area contributed by atoms with E-state index in [2.05, 4.69) is 27.4 Å². The molecule has 0 spiro atoms. The molecule has 1 heterocycles. The monoisotopic (exact) mass is 241 g/mol. The number of nitrogens with one attached hydrogen (secondary N) is 2. The number of aromatic amines is 1. The molecule has 2 aromatic rings. The van der Waals surface area contributed by atoms with Crippen LogP contribution in [0.2, 0.25) is 0 Å². The van der Waals surface area contributed by atoms with Crippen molar-refractivity contribution >= 4 is 16.7 Å². The Morgan fingerprint density at radius 1 is 1.39 bits per heavy atom. The molecular weight excluding hydrogens is 230 g/mol. The van der Waals surface area contributed by atoms with E-state index in [0.717, 1.165) is 0 Å². The molecule has 0 fully saturated rings. The number of amides is 1. The van der Waals surface area contributed by atoms with Crippen LogP contribution < -0.4 is 10.9 Å². The highest BCUT2D eigenvalue weighted by molar-refractivity contribution is 6.04. The van der Waals surface area contributed by atoms with E-state index in [9.17, 15) is 9.59 Å². The number of fused-ring (bicyclic) bond motifs is 1. The molecule has 5 nitrogen and oxygen atoms in total. The van der Waals surface area contributed by atoms with E-state index in [-0.39, 0.29) is 23.7 Å². The predicted molar refractivity (Wildman–Crippen MR) is 68.1 cm³/mol. The normalized spacial score (nSPS) is 9.61. The Labute approximate surface area is 103 Å². The first-order chi connectivity index (χ1) is 8.74. The van der Waals surface area contributed by atoms with Gasteiger partial charge in [-0.15, -0.1) is 5.92 Å². The van der Waals surface area contributed by atoms with E-state index in [1.54, 1.807) is 31.2 Å². The lowest BCUT2D eigenvalue weighted by atomic mass is 10.1. The van der Waals surface area contributed by atoms with Gasteiger partial charge in [-0.25, -0.2) is 5.10 Å². The highest BCUT2D eigenvalue weighted by Gasteiger charge is 2.12. The summed E-state index contributed by atoms with van der Waals surface area (Å²) in [6, 6.07) is 6.84. The zero-order valence-corrected chi connectivity index (χ0v) is 9.78. The average molecular weight is 241 g/mol. The van der Waals surface area contributed by atoms with Crippen molar-refractivity contribution in [1.82, 2.24) is 15.5 Å². The first kappa shape index (κ1) is 11.9. The molecule has 0 unspecified atom stereocenters. The number of hydrogen-bond donors (Lipinski definition) is 2. The summed E-state index contributed by atoms with van der Waals surface area (Å²) in [5, 5.41) is 9.69. The standard InChI is InChI=1S/C13H11N3O2/c1-2-3-8-14-13(18)11-9-6-4-5-7-10(9)12(17)16-15-11/h4-7H,8H2,1H3,(H,14,18)(H,16,17). The van der Waals surface area contributed by atoms with Crippen LogP contribution >= 0.6 is 0 Å². The number of carbonyl (C=O) groups excluding carboxylic acids is 1. The molecule has 90 valence electrons. The maximum atomic E-state index is 11.9. The molecule has 2 rings (SSSR count). The molecular formula is C13H11N3O2. The van der Waals surface area contributed by atoms with Crippen LogP contribution in [0.3, 0.4) is 0 Å². The van der Waals surface area contributed by atoms with Gasteiger partial charge in [-0.2, -0.15) is 5.10 Å². The van der Waals surface area contributed by atoms with Gasteiger partial charge in [0.1, 0.15) is 0 Å². The van der Waals surface area contributed by atoms with Gasteiger partial charge in [0.25, 0.3) is 11.5 Å². The second-order valence-corrected chi connectivity index (χ2v) is 3.56. The van der Waals surface area contributed by atoms with Gasteiger partial charge in [0.15, 0.2) is 5.69 Å². The van der Waals surface area contributed by atoms with Crippen LogP contribution in [0.5, 0.6) is 0 Å². The summed E-state index contributed by atoms with van der Waals surface area (Å²) in [5.41, 5.74) is -0.112. The van der Waals surface area contributed by atoms with Gasteiger partial charge >= 0.3 is 0 Å². The van der Waals surface area contributed by atoms with Crippen molar-refractivity contribution < 1.29 is 4.79 Å². The lowest BCUT2D eigenvalue weighted by molar-refractivity contribution is 0.0954. The summed E-state index contributed by atoms with van der Waals surface area (Å²) in [7, 11) is 0. The molecule has 1 aromatic heterocycles. The largest absolute Gasteiger partial charge is 0.340 e. The van der Waals surface area contributed by atoms with Crippen LogP contribution in [0.1, 0.15) is 17.4 Å². The van der Waals surface area contributed by atoms with Crippen molar-refractivity contribution in [2.24, 2.45) is 0 Å². The number of H-pyrrole nitrogens is 1. The first-order valence-corrected chi connectivity index (χ1v) is 5.39. The minimum absolute atomic E-state index is 0.197. The maximum absolute atomic E-state index is 11.9. The van der Waals surface area contributed by atoms with Crippen LogP contribution in [0.4, 0.5) is 0 Å². The minimum Gasteiger partial charge on any atom is -0.340 e. The molecule has 0 aliphatic heterocycles. The van der Waals surface area contributed by atoms with Gasteiger partial charge in [-0.3, -0.25) is 9.59 Å². The summed E-state index contributed by atoms with van der Waals surface area (Å²) < 4.78 is 0. The quantitative estimate of drug-likeness (QED) is 0.759. The molecule has 0 bridgehead atoms. The topological polar surface area (TPSA) is 74.8 Å². The van der Waals surface area contributed by atoms with Crippen molar-refractivity contribution in [3.05, 3.63) is 40.3 Å². The molecule has 18 heavy (non-hydrogen) atoms. The summed E-state index contributed by atoms with van der Waals surface area (Å²) in [6.07, 6.45) is 0. The number of carbonyl (C=O) groups is 1. The summed E-state index contributed by atoms with van der Waals surface area (Å²) in [4.78, 5) is 23.4. The maximum Gasteiger partial charge on any atom is 0.273 e. The Morgan fingerprint density at radius 2 is 2.11 bits per heavy atom. The molecule has 0 saturated carbocycles. The van der Waals surface area contributed by atoms with E-state index < -0.39 is 0 Å². The number of benzene rings is 1. The minimum atomic E-state index is -0.356. The fourth-order valence-electron chi connectivity index (χ4n) is 1.58. The molecule has 1 aromatic carbocycles. The van der Waals surface area contributed by atoms with Gasteiger partial charge < -0.3 is 5.32 Å². The number of hydrogen-bond acceptors (Lipinski definition) is 3. The lowest BCUT2D eigenvalue weighted by Crippen LogP contribution is -2.26. The number of rotatable bonds is 2. The highest BCUT2D eigenvalue weighted by atomic mass is 16.2. The number of aromatic nitrogens is 2. The Bertz CT molecular complexity index is 707. The second-order valence-electron chi connectivity index (χ2n) is 3.56. The van der Waals surface area contributed by atoms with Crippen LogP contribution in [0, 0.1) is 11.8 Å². The summed E-state index contributed by atoms with van der Waals surface area (Å²) >= 11 is 0. The van der Waals surface area contributed by atoms with Gasteiger partial charge in [0.2, 0.25) is 0 Å². The Hall–Kier alpha value is -2.61. The molecule has 2 N–H and O–H groups in total. The van der Waals surface area contributed by atoms with Crippen LogP contribution in [-0.2, 0) is 0 Å². The Kier molecular flexibility index (Phi) is 3.39. The smallest absolute Gasteiger partial charge is 0.273 e. The Morgan fingerprint density at radius 3 is 2.83 bits per heavy atom. The average Bonchev–Trinajstić information content (AvgIpc) is 2.39. The molecule has 0 aliphatic carbocycles. The lowest BCUT2D eigenvalue weighted by Gasteiger charge is -2.03. The van der Waals surface area contributed by atoms with E-state index in [1.165, 1.54) is 0 Å². The molecule has 0 radical (unpaired) electrons. The van der Waals surface area contributed by atoms with Crippen LogP contribution in [-0.4, -0.2) is 22.6 Å². The van der Waals surface area contributed by atoms with Gasteiger partial charge in [0, 0.05) is 5.39 Å². The third-order valence-electron chi connectivity index (χ3n) is 2.43. The van der Waals surface area contributed by atoms with Crippen molar-refractivity contribution in [3.63, 3.8) is 0 Å². The van der Waals surface area contributed by atoms with E-state index in [0.29, 0.717) is 10.8 Å². The van der Waals surface area contributed by atoms with Gasteiger partial charge in [-0.1, -0.05) is 24.1 Å². The van der Waals surface area contributed by atoms with E-state index >= 15 is 0 Å². The van der Waals surface area contributed by atoms with Crippen molar-refractivity contribution in [3.8, 4) is 11.8 Å². The number of nitrogens with zero attached hydrogens (tertiary/aromatic N) is 1. The van der Waals surface area contributed by atoms with Crippen LogP contribution in [0.25, 0.3) is 10.8 Å². The predicted octanol–water partition coefficient (Wildman–Crippen LogP) is 0.676. The zero-order chi connectivity index (χ0) is 13.0. The highest BCUT2D eigenvalue weighted by Crippen LogP contribution is 2.11. The first-order valence-electron chi connectivity index (χ1n) is 5.39. The molecule has 5 heteroatoms. The fourth-order valence-corrected chi connectivity index (χ4v) is 1.58.